The molecule has 0 aliphatic carbocycles. The molecule has 5 nitrogen and oxygen atoms in total. The minimum Gasteiger partial charge on any atom is -0.443 e. The summed E-state index contributed by atoms with van der Waals surface area (Å²) in [4.78, 5) is 22.4. The van der Waals surface area contributed by atoms with Crippen molar-refractivity contribution in [2.45, 2.75) is 51.6 Å². The third-order valence-corrected chi connectivity index (χ3v) is 3.64. The van der Waals surface area contributed by atoms with Gasteiger partial charge in [0.05, 0.1) is 5.41 Å². The van der Waals surface area contributed by atoms with E-state index in [-0.39, 0.29) is 11.5 Å². The number of nitrogens with zero attached hydrogens (tertiary/aromatic N) is 3. The lowest BCUT2D eigenvalue weighted by molar-refractivity contribution is 0.0313. The zero-order chi connectivity index (χ0) is 15.5. The standard InChI is InChI=1S/C16H23N3O2/c1-5-16(13-17-9-6-10-18-13)7-11-19(12-8-16)14(20)21-15(2,3)4/h6-7,9-11H,5,8,12H2,1-4H3. The number of ether oxygens (including phenoxy) is 1. The van der Waals surface area contributed by atoms with Crippen molar-refractivity contribution in [2.24, 2.45) is 0 Å². The maximum atomic E-state index is 12.1. The summed E-state index contributed by atoms with van der Waals surface area (Å²) in [6, 6.07) is 1.81. The van der Waals surface area contributed by atoms with Crippen LogP contribution in [0.4, 0.5) is 4.79 Å². The van der Waals surface area contributed by atoms with E-state index in [1.165, 1.54) is 0 Å². The van der Waals surface area contributed by atoms with Gasteiger partial charge in [0, 0.05) is 25.1 Å². The lowest BCUT2D eigenvalue weighted by Gasteiger charge is -2.35. The van der Waals surface area contributed by atoms with Gasteiger partial charge in [0.1, 0.15) is 11.4 Å². The Kier molecular flexibility index (Phi) is 4.30. The molecule has 5 heteroatoms. The van der Waals surface area contributed by atoms with E-state index in [1.54, 1.807) is 23.5 Å². The minimum absolute atomic E-state index is 0.195. The first-order chi connectivity index (χ1) is 9.86. The number of hydrogen-bond acceptors (Lipinski definition) is 4. The van der Waals surface area contributed by atoms with Crippen molar-refractivity contribution in [1.82, 2.24) is 14.9 Å². The van der Waals surface area contributed by atoms with Crippen LogP contribution in [0.15, 0.2) is 30.7 Å². The second kappa shape index (κ2) is 5.84. The summed E-state index contributed by atoms with van der Waals surface area (Å²) in [6.45, 7) is 8.33. The Labute approximate surface area is 126 Å². The average molecular weight is 289 g/mol. The second-order valence-corrected chi connectivity index (χ2v) is 6.32. The second-order valence-electron chi connectivity index (χ2n) is 6.32. The third-order valence-electron chi connectivity index (χ3n) is 3.64. The van der Waals surface area contributed by atoms with Gasteiger partial charge >= 0.3 is 6.09 Å². The zero-order valence-corrected chi connectivity index (χ0v) is 13.2. The van der Waals surface area contributed by atoms with Crippen molar-refractivity contribution in [3.8, 4) is 0 Å². The van der Waals surface area contributed by atoms with E-state index in [1.807, 2.05) is 32.9 Å². The summed E-state index contributed by atoms with van der Waals surface area (Å²) < 4.78 is 5.39. The molecule has 1 aromatic rings. The van der Waals surface area contributed by atoms with Crippen molar-refractivity contribution in [3.63, 3.8) is 0 Å². The Morgan fingerprint density at radius 1 is 1.38 bits per heavy atom. The van der Waals surface area contributed by atoms with Crippen LogP contribution in [0.2, 0.25) is 0 Å². The first kappa shape index (κ1) is 15.5. The molecular formula is C16H23N3O2. The van der Waals surface area contributed by atoms with Crippen LogP contribution in [0.25, 0.3) is 0 Å². The Bertz CT molecular complexity index is 522. The molecule has 114 valence electrons. The molecule has 0 aromatic carbocycles. The zero-order valence-electron chi connectivity index (χ0n) is 13.2. The van der Waals surface area contributed by atoms with Gasteiger partial charge in [-0.2, -0.15) is 0 Å². The maximum absolute atomic E-state index is 12.1. The van der Waals surface area contributed by atoms with Crippen LogP contribution < -0.4 is 0 Å². The molecule has 1 aromatic heterocycles. The van der Waals surface area contributed by atoms with Gasteiger partial charge in [0.15, 0.2) is 0 Å². The average Bonchev–Trinajstić information content (AvgIpc) is 2.46. The normalized spacial score (nSPS) is 22.2. The summed E-state index contributed by atoms with van der Waals surface area (Å²) in [5, 5.41) is 0. The molecule has 0 saturated carbocycles. The van der Waals surface area contributed by atoms with Crippen molar-refractivity contribution in [2.75, 3.05) is 6.54 Å². The fourth-order valence-corrected chi connectivity index (χ4v) is 2.38. The minimum atomic E-state index is -0.479. The molecule has 1 amide bonds. The Morgan fingerprint density at radius 3 is 2.52 bits per heavy atom. The van der Waals surface area contributed by atoms with Crippen LogP contribution in [0.3, 0.4) is 0 Å². The molecule has 0 spiro atoms. The van der Waals surface area contributed by atoms with Crippen LogP contribution in [-0.2, 0) is 10.2 Å². The number of allylic oxidation sites excluding steroid dienone is 1. The third kappa shape index (κ3) is 3.60. The van der Waals surface area contributed by atoms with Crippen molar-refractivity contribution in [1.29, 1.82) is 0 Å². The Hall–Kier alpha value is -1.91. The van der Waals surface area contributed by atoms with Crippen LogP contribution in [0.1, 0.15) is 46.4 Å². The van der Waals surface area contributed by atoms with Gasteiger partial charge in [0.25, 0.3) is 0 Å². The topological polar surface area (TPSA) is 55.3 Å². The summed E-state index contributed by atoms with van der Waals surface area (Å²) in [6.07, 6.45) is 8.73. The first-order valence-corrected chi connectivity index (χ1v) is 7.33. The molecule has 1 unspecified atom stereocenters. The SMILES string of the molecule is CCC1(c2ncccn2)C=CN(C(=O)OC(C)(C)C)CC1. The van der Waals surface area contributed by atoms with E-state index in [0.717, 1.165) is 18.7 Å². The molecular weight excluding hydrogens is 266 g/mol. The van der Waals surface area contributed by atoms with E-state index in [2.05, 4.69) is 16.9 Å². The molecule has 21 heavy (non-hydrogen) atoms. The van der Waals surface area contributed by atoms with Crippen molar-refractivity contribution in [3.05, 3.63) is 36.6 Å². The predicted octanol–water partition coefficient (Wildman–Crippen LogP) is 3.28. The fraction of sp³-hybridized carbons (Fsp3) is 0.562. The van der Waals surface area contributed by atoms with Crippen molar-refractivity contribution < 1.29 is 9.53 Å². The lowest BCUT2D eigenvalue weighted by Crippen LogP contribution is -2.40. The van der Waals surface area contributed by atoms with E-state index < -0.39 is 5.60 Å². The summed E-state index contributed by atoms with van der Waals surface area (Å²) in [5.74, 6) is 0.813. The molecule has 0 fully saturated rings. The Morgan fingerprint density at radius 2 is 2.05 bits per heavy atom. The molecule has 0 saturated heterocycles. The van der Waals surface area contributed by atoms with E-state index in [4.69, 9.17) is 4.74 Å². The number of aromatic nitrogens is 2. The Balaban J connectivity index is 2.15. The van der Waals surface area contributed by atoms with E-state index in [9.17, 15) is 4.79 Å². The van der Waals surface area contributed by atoms with Gasteiger partial charge in [-0.05, 0) is 39.7 Å². The molecule has 1 atom stereocenters. The van der Waals surface area contributed by atoms with E-state index in [0.29, 0.717) is 6.54 Å². The highest BCUT2D eigenvalue weighted by molar-refractivity contribution is 5.69. The molecule has 2 rings (SSSR count). The molecule has 1 aliphatic rings. The lowest BCUT2D eigenvalue weighted by atomic mass is 9.79. The highest BCUT2D eigenvalue weighted by atomic mass is 16.6. The smallest absolute Gasteiger partial charge is 0.414 e. The molecule has 0 N–H and O–H groups in total. The number of carbonyl (C=O) groups is 1. The monoisotopic (exact) mass is 289 g/mol. The van der Waals surface area contributed by atoms with Gasteiger partial charge in [-0.1, -0.05) is 13.0 Å². The van der Waals surface area contributed by atoms with Crippen LogP contribution >= 0.6 is 0 Å². The highest BCUT2D eigenvalue weighted by Gasteiger charge is 2.35. The van der Waals surface area contributed by atoms with Crippen molar-refractivity contribution >= 4 is 6.09 Å². The summed E-state index contributed by atoms with van der Waals surface area (Å²) >= 11 is 0. The van der Waals surface area contributed by atoms with Gasteiger partial charge in [-0.15, -0.1) is 0 Å². The molecule has 0 radical (unpaired) electrons. The predicted molar refractivity (Wildman–Crippen MR) is 80.7 cm³/mol. The number of amides is 1. The van der Waals surface area contributed by atoms with Crippen LogP contribution in [-0.4, -0.2) is 33.1 Å². The summed E-state index contributed by atoms with van der Waals surface area (Å²) in [7, 11) is 0. The maximum Gasteiger partial charge on any atom is 0.414 e. The molecule has 1 aliphatic heterocycles. The van der Waals surface area contributed by atoms with E-state index >= 15 is 0 Å². The van der Waals surface area contributed by atoms with Gasteiger partial charge in [-0.3, -0.25) is 4.90 Å². The van der Waals surface area contributed by atoms with Gasteiger partial charge in [0.2, 0.25) is 0 Å². The number of rotatable bonds is 2. The van der Waals surface area contributed by atoms with Gasteiger partial charge in [-0.25, -0.2) is 14.8 Å². The van der Waals surface area contributed by atoms with Crippen LogP contribution in [0, 0.1) is 0 Å². The first-order valence-electron chi connectivity index (χ1n) is 7.33. The fourth-order valence-electron chi connectivity index (χ4n) is 2.38. The molecule has 0 bridgehead atoms. The largest absolute Gasteiger partial charge is 0.443 e. The van der Waals surface area contributed by atoms with Crippen LogP contribution in [0.5, 0.6) is 0 Å². The quantitative estimate of drug-likeness (QED) is 0.838. The number of hydrogen-bond donors (Lipinski definition) is 0. The summed E-state index contributed by atoms with van der Waals surface area (Å²) in [5.41, 5.74) is -0.674. The number of carbonyl (C=O) groups excluding carboxylic acids is 1. The highest BCUT2D eigenvalue weighted by Crippen LogP contribution is 2.34. The van der Waals surface area contributed by atoms with Gasteiger partial charge < -0.3 is 4.74 Å². The molecule has 2 heterocycles.